The second-order valence-electron chi connectivity index (χ2n) is 4.34. The molecule has 2 nitrogen and oxygen atoms in total. The lowest BCUT2D eigenvalue weighted by Crippen LogP contribution is -2.46. The summed E-state index contributed by atoms with van der Waals surface area (Å²) in [5.41, 5.74) is 0.662. The summed E-state index contributed by atoms with van der Waals surface area (Å²) >= 11 is 0. The monoisotopic (exact) mass is 169 g/mol. The van der Waals surface area contributed by atoms with Crippen LogP contribution in [0.25, 0.3) is 0 Å². The third kappa shape index (κ3) is 1.27. The Bertz CT molecular complexity index is 154. The van der Waals surface area contributed by atoms with Crippen LogP contribution in [0, 0.1) is 5.41 Å². The molecular formula is C10H19NO. The standard InChI is InChI=1S/C10H19NO/c12-8-7-11-9-3-1-4-10(9)5-2-6-10/h9,11-12H,1-8H2. The zero-order valence-electron chi connectivity index (χ0n) is 7.68. The van der Waals surface area contributed by atoms with Crippen molar-refractivity contribution in [3.8, 4) is 0 Å². The second kappa shape index (κ2) is 3.35. The Labute approximate surface area is 74.4 Å². The molecule has 0 aromatic rings. The third-order valence-corrected chi connectivity index (χ3v) is 3.76. The van der Waals surface area contributed by atoms with E-state index in [4.69, 9.17) is 5.11 Å². The fourth-order valence-electron chi connectivity index (χ4n) is 2.93. The molecule has 0 aliphatic heterocycles. The molecule has 1 unspecified atom stereocenters. The highest BCUT2D eigenvalue weighted by Crippen LogP contribution is 2.52. The van der Waals surface area contributed by atoms with Crippen LogP contribution in [0.2, 0.25) is 0 Å². The number of hydrogen-bond donors (Lipinski definition) is 2. The van der Waals surface area contributed by atoms with Gasteiger partial charge >= 0.3 is 0 Å². The Morgan fingerprint density at radius 1 is 1.25 bits per heavy atom. The maximum atomic E-state index is 8.73. The lowest BCUT2D eigenvalue weighted by Gasteiger charge is -2.44. The van der Waals surface area contributed by atoms with Gasteiger partial charge in [-0.1, -0.05) is 12.8 Å². The first-order valence-corrected chi connectivity index (χ1v) is 5.22. The van der Waals surface area contributed by atoms with E-state index in [-0.39, 0.29) is 6.61 Å². The number of rotatable bonds is 3. The van der Waals surface area contributed by atoms with Gasteiger partial charge in [0.1, 0.15) is 0 Å². The van der Waals surface area contributed by atoms with Crippen LogP contribution in [0.1, 0.15) is 38.5 Å². The number of aliphatic hydroxyl groups is 1. The molecule has 2 aliphatic rings. The van der Waals surface area contributed by atoms with Crippen LogP contribution in [0.15, 0.2) is 0 Å². The van der Waals surface area contributed by atoms with Crippen molar-refractivity contribution in [3.05, 3.63) is 0 Å². The topological polar surface area (TPSA) is 32.3 Å². The van der Waals surface area contributed by atoms with Crippen LogP contribution < -0.4 is 5.32 Å². The van der Waals surface area contributed by atoms with Gasteiger partial charge in [0.25, 0.3) is 0 Å². The highest BCUT2D eigenvalue weighted by Gasteiger charge is 2.46. The molecule has 0 radical (unpaired) electrons. The van der Waals surface area contributed by atoms with Gasteiger partial charge in [0, 0.05) is 12.6 Å². The number of hydrogen-bond acceptors (Lipinski definition) is 2. The van der Waals surface area contributed by atoms with E-state index in [0.717, 1.165) is 12.6 Å². The summed E-state index contributed by atoms with van der Waals surface area (Å²) in [6.07, 6.45) is 8.43. The van der Waals surface area contributed by atoms with Crippen molar-refractivity contribution in [1.29, 1.82) is 0 Å². The van der Waals surface area contributed by atoms with Gasteiger partial charge in [0.2, 0.25) is 0 Å². The molecule has 0 aromatic carbocycles. The molecule has 0 saturated heterocycles. The maximum Gasteiger partial charge on any atom is 0.0556 e. The molecule has 2 fully saturated rings. The SMILES string of the molecule is OCCNC1CCCC12CCC2. The van der Waals surface area contributed by atoms with Crippen molar-refractivity contribution in [2.45, 2.75) is 44.6 Å². The molecule has 2 rings (SSSR count). The average Bonchev–Trinajstić information content (AvgIpc) is 2.42. The fraction of sp³-hybridized carbons (Fsp3) is 1.00. The molecular weight excluding hydrogens is 150 g/mol. The Balaban J connectivity index is 1.86. The second-order valence-corrected chi connectivity index (χ2v) is 4.34. The lowest BCUT2D eigenvalue weighted by atomic mass is 9.65. The Kier molecular flexibility index (Phi) is 2.37. The summed E-state index contributed by atoms with van der Waals surface area (Å²) < 4.78 is 0. The summed E-state index contributed by atoms with van der Waals surface area (Å²) in [5.74, 6) is 0. The van der Waals surface area contributed by atoms with Crippen LogP contribution in [-0.2, 0) is 0 Å². The molecule has 0 amide bonds. The number of nitrogens with one attached hydrogen (secondary N) is 1. The maximum absolute atomic E-state index is 8.73. The number of aliphatic hydroxyl groups excluding tert-OH is 1. The zero-order chi connectivity index (χ0) is 8.44. The van der Waals surface area contributed by atoms with Gasteiger partial charge in [-0.05, 0) is 31.1 Å². The third-order valence-electron chi connectivity index (χ3n) is 3.76. The first-order valence-electron chi connectivity index (χ1n) is 5.22. The summed E-state index contributed by atoms with van der Waals surface area (Å²) in [6.45, 7) is 1.07. The van der Waals surface area contributed by atoms with Crippen LogP contribution in [0.5, 0.6) is 0 Å². The van der Waals surface area contributed by atoms with Crippen LogP contribution >= 0.6 is 0 Å². The largest absolute Gasteiger partial charge is 0.395 e. The van der Waals surface area contributed by atoms with Gasteiger partial charge in [-0.15, -0.1) is 0 Å². The van der Waals surface area contributed by atoms with Crippen molar-refractivity contribution in [3.63, 3.8) is 0 Å². The zero-order valence-corrected chi connectivity index (χ0v) is 7.68. The van der Waals surface area contributed by atoms with Crippen LogP contribution in [0.4, 0.5) is 0 Å². The summed E-state index contributed by atoms with van der Waals surface area (Å²) in [5, 5.41) is 12.2. The van der Waals surface area contributed by atoms with Gasteiger partial charge in [-0.2, -0.15) is 0 Å². The van der Waals surface area contributed by atoms with E-state index in [1.807, 2.05) is 0 Å². The van der Waals surface area contributed by atoms with Crippen molar-refractivity contribution in [2.75, 3.05) is 13.2 Å². The minimum absolute atomic E-state index is 0.284. The van der Waals surface area contributed by atoms with E-state index in [9.17, 15) is 0 Å². The van der Waals surface area contributed by atoms with Gasteiger partial charge in [-0.3, -0.25) is 0 Å². The van der Waals surface area contributed by atoms with Crippen LogP contribution in [-0.4, -0.2) is 24.3 Å². The van der Waals surface area contributed by atoms with Gasteiger partial charge < -0.3 is 10.4 Å². The minimum Gasteiger partial charge on any atom is -0.395 e. The Morgan fingerprint density at radius 3 is 2.58 bits per heavy atom. The highest BCUT2D eigenvalue weighted by molar-refractivity contribution is 5.01. The lowest BCUT2D eigenvalue weighted by molar-refractivity contribution is 0.0977. The van der Waals surface area contributed by atoms with Crippen LogP contribution in [0.3, 0.4) is 0 Å². The van der Waals surface area contributed by atoms with E-state index in [2.05, 4.69) is 5.32 Å². The predicted octanol–water partition coefficient (Wildman–Crippen LogP) is 1.29. The summed E-state index contributed by atoms with van der Waals surface area (Å²) in [6, 6.07) is 0.721. The molecule has 1 spiro atoms. The highest BCUT2D eigenvalue weighted by atomic mass is 16.3. The van der Waals surface area contributed by atoms with Gasteiger partial charge in [0.05, 0.1) is 6.61 Å². The molecule has 2 N–H and O–H groups in total. The van der Waals surface area contributed by atoms with Crippen molar-refractivity contribution >= 4 is 0 Å². The Morgan fingerprint density at radius 2 is 2.00 bits per heavy atom. The van der Waals surface area contributed by atoms with E-state index in [1.54, 1.807) is 0 Å². The van der Waals surface area contributed by atoms with E-state index < -0.39 is 0 Å². The smallest absolute Gasteiger partial charge is 0.0556 e. The van der Waals surface area contributed by atoms with E-state index in [1.165, 1.54) is 38.5 Å². The summed E-state index contributed by atoms with van der Waals surface area (Å²) in [4.78, 5) is 0. The van der Waals surface area contributed by atoms with Crippen molar-refractivity contribution in [1.82, 2.24) is 5.32 Å². The summed E-state index contributed by atoms with van der Waals surface area (Å²) in [7, 11) is 0. The molecule has 12 heavy (non-hydrogen) atoms. The minimum atomic E-state index is 0.284. The predicted molar refractivity (Wildman–Crippen MR) is 49.0 cm³/mol. The Hall–Kier alpha value is -0.0800. The first-order chi connectivity index (χ1) is 5.87. The van der Waals surface area contributed by atoms with Gasteiger partial charge in [0.15, 0.2) is 0 Å². The van der Waals surface area contributed by atoms with Crippen molar-refractivity contribution in [2.24, 2.45) is 5.41 Å². The van der Waals surface area contributed by atoms with Crippen molar-refractivity contribution < 1.29 is 5.11 Å². The quantitative estimate of drug-likeness (QED) is 0.667. The molecule has 1 atom stereocenters. The normalized spacial score (nSPS) is 32.2. The molecule has 2 heteroatoms. The molecule has 2 aliphatic carbocycles. The van der Waals surface area contributed by atoms with E-state index >= 15 is 0 Å². The fourth-order valence-corrected chi connectivity index (χ4v) is 2.93. The molecule has 2 saturated carbocycles. The molecule has 0 aromatic heterocycles. The van der Waals surface area contributed by atoms with E-state index in [0.29, 0.717) is 5.41 Å². The first kappa shape index (κ1) is 8.52. The molecule has 0 heterocycles. The molecule has 70 valence electrons. The van der Waals surface area contributed by atoms with Gasteiger partial charge in [-0.25, -0.2) is 0 Å². The molecule has 0 bridgehead atoms. The average molecular weight is 169 g/mol.